The van der Waals surface area contributed by atoms with Crippen LogP contribution >= 0.6 is 0 Å². The van der Waals surface area contributed by atoms with Gasteiger partial charge >= 0.3 is 0 Å². The van der Waals surface area contributed by atoms with Crippen LogP contribution in [0, 0.1) is 0 Å². The standard InChI is InChI=1S/C12H17NO4S/c1-17-11-6-3-2-5-10(11)13-12(15)9-18(16)8-4-7-14/h2-3,5-6,14H,4,7-9H2,1H3,(H,13,15). The zero-order chi connectivity index (χ0) is 13.4. The summed E-state index contributed by atoms with van der Waals surface area (Å²) in [7, 11) is 0.273. The van der Waals surface area contributed by atoms with Gasteiger partial charge in [0.15, 0.2) is 0 Å². The zero-order valence-corrected chi connectivity index (χ0v) is 11.0. The second kappa shape index (κ2) is 7.84. The molecule has 1 amide bonds. The lowest BCUT2D eigenvalue weighted by atomic mass is 10.3. The van der Waals surface area contributed by atoms with Gasteiger partial charge in [0.1, 0.15) is 11.5 Å². The Labute approximate surface area is 109 Å². The van der Waals surface area contributed by atoms with E-state index in [1.807, 2.05) is 0 Å². The highest BCUT2D eigenvalue weighted by Crippen LogP contribution is 2.22. The Balaban J connectivity index is 2.51. The molecule has 0 heterocycles. The lowest BCUT2D eigenvalue weighted by molar-refractivity contribution is -0.113. The summed E-state index contributed by atoms with van der Waals surface area (Å²) in [6.07, 6.45) is 0.439. The molecule has 1 aromatic carbocycles. The molecule has 0 spiro atoms. The molecule has 6 heteroatoms. The summed E-state index contributed by atoms with van der Waals surface area (Å²) in [6.45, 7) is -0.0140. The molecule has 1 unspecified atom stereocenters. The van der Waals surface area contributed by atoms with E-state index in [4.69, 9.17) is 9.84 Å². The van der Waals surface area contributed by atoms with E-state index in [-0.39, 0.29) is 18.3 Å². The van der Waals surface area contributed by atoms with Gasteiger partial charge in [-0.05, 0) is 18.6 Å². The highest BCUT2D eigenvalue weighted by Gasteiger charge is 2.10. The first-order chi connectivity index (χ1) is 8.67. The van der Waals surface area contributed by atoms with Crippen molar-refractivity contribution in [3.8, 4) is 5.75 Å². The van der Waals surface area contributed by atoms with Crippen molar-refractivity contribution in [2.24, 2.45) is 0 Å². The number of para-hydroxylation sites is 2. The summed E-state index contributed by atoms with van der Waals surface area (Å²) < 4.78 is 16.6. The summed E-state index contributed by atoms with van der Waals surface area (Å²) in [6, 6.07) is 7.03. The fourth-order valence-corrected chi connectivity index (χ4v) is 2.34. The SMILES string of the molecule is COc1ccccc1NC(=O)CS(=O)CCCO. The lowest BCUT2D eigenvalue weighted by Crippen LogP contribution is -2.21. The molecular formula is C12H17NO4S. The average Bonchev–Trinajstić information content (AvgIpc) is 2.36. The quantitative estimate of drug-likeness (QED) is 0.768. The molecule has 0 radical (unpaired) electrons. The monoisotopic (exact) mass is 271 g/mol. The Morgan fingerprint density at radius 1 is 1.44 bits per heavy atom. The van der Waals surface area contributed by atoms with Gasteiger partial charge in [0.05, 0.1) is 12.8 Å². The van der Waals surface area contributed by atoms with E-state index < -0.39 is 10.8 Å². The number of methoxy groups -OCH3 is 1. The van der Waals surface area contributed by atoms with Crippen LogP contribution < -0.4 is 10.1 Å². The van der Waals surface area contributed by atoms with Crippen LogP contribution in [0.3, 0.4) is 0 Å². The van der Waals surface area contributed by atoms with Gasteiger partial charge in [0, 0.05) is 23.2 Å². The molecule has 0 bridgehead atoms. The molecule has 1 atom stereocenters. The topological polar surface area (TPSA) is 75.6 Å². The first-order valence-electron chi connectivity index (χ1n) is 5.56. The van der Waals surface area contributed by atoms with Crippen LogP contribution in [-0.2, 0) is 15.6 Å². The number of aliphatic hydroxyl groups excluding tert-OH is 1. The van der Waals surface area contributed by atoms with Crippen LogP contribution in [0.25, 0.3) is 0 Å². The van der Waals surface area contributed by atoms with E-state index in [2.05, 4.69) is 5.32 Å². The van der Waals surface area contributed by atoms with Gasteiger partial charge in [-0.2, -0.15) is 0 Å². The number of benzene rings is 1. The Morgan fingerprint density at radius 3 is 2.83 bits per heavy atom. The maximum atomic E-state index is 11.6. The number of rotatable bonds is 7. The average molecular weight is 271 g/mol. The normalized spacial score (nSPS) is 11.9. The van der Waals surface area contributed by atoms with E-state index in [9.17, 15) is 9.00 Å². The summed E-state index contributed by atoms with van der Waals surface area (Å²) in [4.78, 5) is 11.6. The van der Waals surface area contributed by atoms with Crippen LogP contribution in [0.5, 0.6) is 5.75 Å². The van der Waals surface area contributed by atoms with E-state index in [1.54, 1.807) is 24.3 Å². The number of amides is 1. The van der Waals surface area contributed by atoms with E-state index >= 15 is 0 Å². The van der Waals surface area contributed by atoms with Crippen LogP contribution in [0.4, 0.5) is 5.69 Å². The Morgan fingerprint density at radius 2 is 2.17 bits per heavy atom. The van der Waals surface area contributed by atoms with Crippen LogP contribution in [0.2, 0.25) is 0 Å². The van der Waals surface area contributed by atoms with Gasteiger partial charge in [0.25, 0.3) is 0 Å². The predicted molar refractivity (Wildman–Crippen MR) is 71.2 cm³/mol. The number of ether oxygens (including phenoxy) is 1. The smallest absolute Gasteiger partial charge is 0.237 e. The summed E-state index contributed by atoms with van der Waals surface area (Å²) in [5.41, 5.74) is 0.559. The first-order valence-corrected chi connectivity index (χ1v) is 7.05. The third-order valence-electron chi connectivity index (χ3n) is 2.20. The van der Waals surface area contributed by atoms with Crippen molar-refractivity contribution < 1.29 is 18.8 Å². The molecule has 1 aromatic rings. The second-order valence-corrected chi connectivity index (χ2v) is 5.19. The molecule has 5 nitrogen and oxygen atoms in total. The van der Waals surface area contributed by atoms with Crippen molar-refractivity contribution in [1.82, 2.24) is 0 Å². The molecule has 100 valence electrons. The summed E-state index contributed by atoms with van der Waals surface area (Å²) >= 11 is 0. The third kappa shape index (κ3) is 4.85. The van der Waals surface area contributed by atoms with Gasteiger partial charge in [0.2, 0.25) is 5.91 Å². The maximum absolute atomic E-state index is 11.6. The highest BCUT2D eigenvalue weighted by atomic mass is 32.2. The van der Waals surface area contributed by atoms with Gasteiger partial charge < -0.3 is 15.2 Å². The van der Waals surface area contributed by atoms with Crippen molar-refractivity contribution in [3.63, 3.8) is 0 Å². The number of carbonyl (C=O) groups is 1. The number of aliphatic hydroxyl groups is 1. The van der Waals surface area contributed by atoms with Gasteiger partial charge in [-0.25, -0.2) is 0 Å². The molecule has 0 saturated carbocycles. The predicted octanol–water partition coefficient (Wildman–Crippen LogP) is 0.765. The number of anilines is 1. The molecular weight excluding hydrogens is 254 g/mol. The van der Waals surface area contributed by atoms with Crippen molar-refractivity contribution in [2.45, 2.75) is 6.42 Å². The minimum atomic E-state index is -1.25. The van der Waals surface area contributed by atoms with Crippen molar-refractivity contribution in [3.05, 3.63) is 24.3 Å². The van der Waals surface area contributed by atoms with E-state index in [0.717, 1.165) is 0 Å². The molecule has 0 aliphatic rings. The molecule has 18 heavy (non-hydrogen) atoms. The van der Waals surface area contributed by atoms with Crippen LogP contribution in [0.1, 0.15) is 6.42 Å². The van der Waals surface area contributed by atoms with Crippen molar-refractivity contribution >= 4 is 22.4 Å². The van der Waals surface area contributed by atoms with Gasteiger partial charge in [-0.1, -0.05) is 12.1 Å². The summed E-state index contributed by atoms with van der Waals surface area (Å²) in [5, 5.41) is 11.3. The van der Waals surface area contributed by atoms with Crippen molar-refractivity contribution in [2.75, 3.05) is 30.5 Å². The van der Waals surface area contributed by atoms with E-state index in [0.29, 0.717) is 23.6 Å². The van der Waals surface area contributed by atoms with Crippen molar-refractivity contribution in [1.29, 1.82) is 0 Å². The van der Waals surface area contributed by atoms with Crippen LogP contribution in [-0.4, -0.2) is 40.4 Å². The first kappa shape index (κ1) is 14.7. The molecule has 0 aromatic heterocycles. The lowest BCUT2D eigenvalue weighted by Gasteiger charge is -2.09. The highest BCUT2D eigenvalue weighted by molar-refractivity contribution is 7.85. The number of hydrogen-bond acceptors (Lipinski definition) is 4. The van der Waals surface area contributed by atoms with E-state index in [1.165, 1.54) is 7.11 Å². The molecule has 0 aliphatic heterocycles. The zero-order valence-electron chi connectivity index (χ0n) is 10.2. The Bertz CT molecular complexity index is 422. The molecule has 0 saturated heterocycles. The third-order valence-corrected chi connectivity index (χ3v) is 3.53. The van der Waals surface area contributed by atoms with Crippen LogP contribution in [0.15, 0.2) is 24.3 Å². The minimum Gasteiger partial charge on any atom is -0.495 e. The molecule has 2 N–H and O–H groups in total. The minimum absolute atomic E-state index is 0.0140. The number of carbonyl (C=O) groups excluding carboxylic acids is 1. The number of hydrogen-bond donors (Lipinski definition) is 2. The fourth-order valence-electron chi connectivity index (χ4n) is 1.38. The van der Waals surface area contributed by atoms with Gasteiger partial charge in [-0.3, -0.25) is 9.00 Å². The molecule has 0 aliphatic carbocycles. The Kier molecular flexibility index (Phi) is 6.38. The summed E-state index contributed by atoms with van der Waals surface area (Å²) in [5.74, 6) is 0.497. The Hall–Kier alpha value is -1.40. The number of nitrogens with one attached hydrogen (secondary N) is 1. The maximum Gasteiger partial charge on any atom is 0.237 e. The second-order valence-electron chi connectivity index (χ2n) is 3.61. The molecule has 0 fully saturated rings. The van der Waals surface area contributed by atoms with Gasteiger partial charge in [-0.15, -0.1) is 0 Å². The fraction of sp³-hybridized carbons (Fsp3) is 0.417. The molecule has 1 rings (SSSR count). The largest absolute Gasteiger partial charge is 0.495 e.